The van der Waals surface area contributed by atoms with Crippen LogP contribution >= 0.6 is 21.6 Å². The number of nitrogens with one attached hydrogen (secondary N) is 13. The summed E-state index contributed by atoms with van der Waals surface area (Å²) in [6.45, 7) is 5.73. The number of aromatic amines is 1. The third-order valence-corrected chi connectivity index (χ3v) is 21.8. The van der Waals surface area contributed by atoms with E-state index >= 15 is 24.0 Å². The number of aromatic nitrogens is 1. The number of H-pyrrole nitrogens is 1. The standard InChI is InChI=1S/C83H105N15O17S2/c1-47(2)86-42-55-29-27-54(28-30-55)40-64-77(108)97-70(48(3)100)81(112)93-65(39-52-22-12-7-13-23-52)78(109)98-71(49(4)101)82(113)94-67(44-99)79(110)96-69(83(114)115)46-117-116-45-68(95-72(103)59(85)36-53-31-33-57(102)34-32-53)80(111)88-61(26-16-17-35-84)73(104)89-62(37-50-18-8-5-9-19-50)74(105)90-63(38-51-20-10-6-11-21-51)75(106)92-66(76(107)91-64)41-56-43-87-60-25-15-14-24-58(56)60/h5-15,18-25,27-34,43,47-49,59,61-71,86-87,99-102H,16-17,26,35-42,44-46,84-85H2,1-4H3,(H,88,111)(H,89,104)(H,90,105)(H,91,107)(H,92,106)(H,93,112)(H,94,113)(H,95,103)(H,96,110)(H,97,108)(H,98,109)(H,114,115)/t48-,49-,59+,61-,62-,63+,64+,65+,66-,67+,68-,69+,70-,71-/m1/s1. The highest BCUT2D eigenvalue weighted by molar-refractivity contribution is 8.76. The zero-order valence-electron chi connectivity index (χ0n) is 65.3. The Kier molecular flexibility index (Phi) is 35.8. The van der Waals surface area contributed by atoms with Crippen molar-refractivity contribution in [1.82, 2.24) is 68.8 Å². The number of carbonyl (C=O) groups excluding carboxylic acids is 11. The summed E-state index contributed by atoms with van der Waals surface area (Å²) in [5.41, 5.74) is 17.0. The number of aromatic hydroxyl groups is 1. The van der Waals surface area contributed by atoms with E-state index in [4.69, 9.17) is 11.5 Å². The molecule has 22 N–H and O–H groups in total. The van der Waals surface area contributed by atoms with Gasteiger partial charge in [0.15, 0.2) is 0 Å². The monoisotopic (exact) mass is 1650 g/mol. The molecule has 6 aromatic carbocycles. The van der Waals surface area contributed by atoms with Gasteiger partial charge in [-0.15, -0.1) is 0 Å². The molecule has 1 aliphatic rings. The van der Waals surface area contributed by atoms with Gasteiger partial charge in [0, 0.05) is 73.3 Å². The average Bonchev–Trinajstić information content (AvgIpc) is 1.64. The molecule has 0 spiro atoms. The quantitative estimate of drug-likeness (QED) is 0.0267. The summed E-state index contributed by atoms with van der Waals surface area (Å²) in [5, 5.41) is 86.3. The van der Waals surface area contributed by atoms with Crippen LogP contribution in [0.2, 0.25) is 0 Å². The average molecular weight is 1650 g/mol. The molecule has 1 fully saturated rings. The van der Waals surface area contributed by atoms with Gasteiger partial charge >= 0.3 is 5.97 Å². The third-order valence-electron chi connectivity index (χ3n) is 19.3. The minimum absolute atomic E-state index is 0.0533. The van der Waals surface area contributed by atoms with Gasteiger partial charge in [-0.05, 0) is 103 Å². The molecule has 0 radical (unpaired) electrons. The van der Waals surface area contributed by atoms with Crippen LogP contribution in [0.25, 0.3) is 10.9 Å². The van der Waals surface area contributed by atoms with E-state index < -0.39 is 168 Å². The molecule has 0 unspecified atom stereocenters. The highest BCUT2D eigenvalue weighted by Crippen LogP contribution is 2.25. The van der Waals surface area contributed by atoms with Crippen molar-refractivity contribution in [3.8, 4) is 5.75 Å². The molecule has 0 saturated carbocycles. The zero-order valence-corrected chi connectivity index (χ0v) is 67.0. The maximum absolute atomic E-state index is 15.7. The molecule has 117 heavy (non-hydrogen) atoms. The number of unbranched alkanes of at least 4 members (excludes halogenated alkanes) is 1. The number of phenolic OH excluding ortho intramolecular Hbond substituents is 1. The molecular formula is C83H105N15O17S2. The van der Waals surface area contributed by atoms with Gasteiger partial charge in [0.2, 0.25) is 65.0 Å². The lowest BCUT2D eigenvalue weighted by Crippen LogP contribution is -2.63. The van der Waals surface area contributed by atoms with Gasteiger partial charge in [0.25, 0.3) is 0 Å². The van der Waals surface area contributed by atoms with E-state index in [1.165, 1.54) is 31.2 Å². The Morgan fingerprint density at radius 1 is 0.462 bits per heavy atom. The first kappa shape index (κ1) is 91.3. The number of carboxylic acid groups (broad SMARTS) is 1. The molecule has 1 aliphatic heterocycles. The summed E-state index contributed by atoms with van der Waals surface area (Å²) < 4.78 is 0. The summed E-state index contributed by atoms with van der Waals surface area (Å²) in [5.74, 6) is -13.8. The van der Waals surface area contributed by atoms with Crippen molar-refractivity contribution in [1.29, 1.82) is 0 Å². The van der Waals surface area contributed by atoms with Crippen LogP contribution in [-0.2, 0) is 103 Å². The Labute approximate surface area is 685 Å². The van der Waals surface area contributed by atoms with Crippen LogP contribution in [-0.4, -0.2) is 217 Å². The fraction of sp³-hybridized carbons (Fsp3) is 0.398. The summed E-state index contributed by atoms with van der Waals surface area (Å²) in [4.78, 5) is 180. The Hall–Kier alpha value is -11.2. The summed E-state index contributed by atoms with van der Waals surface area (Å²) in [6, 6.07) is 25.6. The number of hydrogen-bond donors (Lipinski definition) is 20. The van der Waals surface area contributed by atoms with E-state index in [1.807, 2.05) is 26.0 Å². The van der Waals surface area contributed by atoms with Crippen molar-refractivity contribution in [2.24, 2.45) is 11.5 Å². The molecule has 0 bridgehead atoms. The molecule has 14 atom stereocenters. The molecule has 7 aromatic rings. The number of fused-ring (bicyclic) bond motifs is 1. The second-order valence-electron chi connectivity index (χ2n) is 29.0. The van der Waals surface area contributed by atoms with Gasteiger partial charge in [-0.2, -0.15) is 0 Å². The van der Waals surface area contributed by atoms with Crippen LogP contribution in [0.5, 0.6) is 5.75 Å². The number of phenols is 1. The number of carboxylic acids is 1. The minimum atomic E-state index is -1.96. The van der Waals surface area contributed by atoms with Crippen LogP contribution < -0.4 is 75.3 Å². The van der Waals surface area contributed by atoms with Crippen molar-refractivity contribution in [2.45, 2.75) is 183 Å². The van der Waals surface area contributed by atoms with Crippen LogP contribution in [0.4, 0.5) is 0 Å². The molecular weight excluding hydrogens is 1540 g/mol. The van der Waals surface area contributed by atoms with Gasteiger partial charge in [0.1, 0.15) is 72.2 Å². The molecule has 34 heteroatoms. The lowest BCUT2D eigenvalue weighted by Gasteiger charge is -2.29. The number of aliphatic carboxylic acids is 1. The van der Waals surface area contributed by atoms with Crippen molar-refractivity contribution < 1.29 is 83.1 Å². The number of nitrogens with two attached hydrogens (primary N) is 2. The molecule has 626 valence electrons. The van der Waals surface area contributed by atoms with Gasteiger partial charge < -0.3 is 106 Å². The number of benzene rings is 6. The van der Waals surface area contributed by atoms with Crippen molar-refractivity contribution in [3.05, 3.63) is 209 Å². The number of carbonyl (C=O) groups is 12. The Balaban J connectivity index is 1.22. The number of aliphatic hydroxyl groups excluding tert-OH is 3. The van der Waals surface area contributed by atoms with Crippen molar-refractivity contribution in [3.63, 3.8) is 0 Å². The van der Waals surface area contributed by atoms with E-state index in [1.54, 1.807) is 134 Å². The lowest BCUT2D eigenvalue weighted by atomic mass is 9.99. The number of amides is 11. The minimum Gasteiger partial charge on any atom is -0.508 e. The van der Waals surface area contributed by atoms with E-state index in [0.29, 0.717) is 57.2 Å². The highest BCUT2D eigenvalue weighted by atomic mass is 33.1. The first-order valence-corrected chi connectivity index (χ1v) is 41.0. The van der Waals surface area contributed by atoms with Crippen LogP contribution in [0.3, 0.4) is 0 Å². The molecule has 32 nitrogen and oxygen atoms in total. The van der Waals surface area contributed by atoms with Gasteiger partial charge in [0.05, 0.1) is 24.9 Å². The zero-order chi connectivity index (χ0) is 84.7. The largest absolute Gasteiger partial charge is 0.508 e. The fourth-order valence-electron chi connectivity index (χ4n) is 12.7. The second-order valence-corrected chi connectivity index (χ2v) is 31.6. The smallest absolute Gasteiger partial charge is 0.327 e. The summed E-state index contributed by atoms with van der Waals surface area (Å²) >= 11 is 0. The molecule has 2 heterocycles. The SMILES string of the molecule is CC(C)NCc1ccc(C[C@@H]2NC(=O)[C@@H](Cc3c[nH]c4ccccc34)NC(=O)[C@H](Cc3ccccc3)NC(=O)[C@@H](Cc3ccccc3)NC(=O)[C@@H](CCCCN)NC(=O)[C@H](NC(=O)[C@@H](N)Cc3ccc(O)cc3)CSSC[C@@H](C(=O)O)NC(=O)[C@H](CO)NC(=O)[C@@H]([C@@H](C)O)NC(=O)[C@H](Cc3ccccc3)NC(=O)[C@@H]([C@@H](C)O)NC2=O)cc1. The van der Waals surface area contributed by atoms with Gasteiger partial charge in [-0.25, -0.2) is 4.79 Å². The molecule has 1 saturated heterocycles. The van der Waals surface area contributed by atoms with Crippen molar-refractivity contribution in [2.75, 3.05) is 24.7 Å². The Morgan fingerprint density at radius 2 is 0.863 bits per heavy atom. The first-order chi connectivity index (χ1) is 56.1. The van der Waals surface area contributed by atoms with Crippen LogP contribution in [0.1, 0.15) is 85.9 Å². The van der Waals surface area contributed by atoms with E-state index in [9.17, 15) is 59.1 Å². The number of para-hydroxylation sites is 1. The number of aliphatic hydroxyl groups is 3. The third kappa shape index (κ3) is 28.9. The topological polar surface area (TPSA) is 518 Å². The first-order valence-electron chi connectivity index (χ1n) is 38.6. The maximum atomic E-state index is 15.7. The number of hydrogen-bond acceptors (Lipinski definition) is 21. The second kappa shape index (κ2) is 45.9. The summed E-state index contributed by atoms with van der Waals surface area (Å²) in [7, 11) is 1.65. The van der Waals surface area contributed by atoms with Crippen molar-refractivity contribution >= 4 is 103 Å². The van der Waals surface area contributed by atoms with Gasteiger partial charge in [-0.3, -0.25) is 52.7 Å². The predicted molar refractivity (Wildman–Crippen MR) is 441 cm³/mol. The molecule has 8 rings (SSSR count). The normalized spacial score (nSPS) is 22.7. The fourth-order valence-corrected chi connectivity index (χ4v) is 15.1. The molecule has 11 amide bonds. The van der Waals surface area contributed by atoms with Crippen LogP contribution in [0.15, 0.2) is 170 Å². The Morgan fingerprint density at radius 3 is 1.33 bits per heavy atom. The lowest BCUT2D eigenvalue weighted by molar-refractivity contribution is -0.142. The highest BCUT2D eigenvalue weighted by Gasteiger charge is 2.40. The van der Waals surface area contributed by atoms with E-state index in [0.717, 1.165) is 34.1 Å². The Bertz CT molecular complexity index is 4470. The number of rotatable bonds is 25. The van der Waals surface area contributed by atoms with Gasteiger partial charge in [-0.1, -0.05) is 181 Å². The molecule has 1 aromatic heterocycles. The molecule has 0 aliphatic carbocycles. The van der Waals surface area contributed by atoms with Crippen LogP contribution in [0, 0.1) is 0 Å². The van der Waals surface area contributed by atoms with E-state index in [2.05, 4.69) is 68.8 Å². The summed E-state index contributed by atoms with van der Waals surface area (Å²) in [6.07, 6.45) is -2.69. The maximum Gasteiger partial charge on any atom is 0.327 e. The predicted octanol–water partition coefficient (Wildman–Crippen LogP) is 0.150. The van der Waals surface area contributed by atoms with E-state index in [-0.39, 0.29) is 75.5 Å².